The van der Waals surface area contributed by atoms with E-state index in [2.05, 4.69) is 38.0 Å². The number of carbonyl (C=O) groups excluding carboxylic acids is 1. The molecule has 0 aliphatic carbocycles. The van der Waals surface area contributed by atoms with E-state index in [0.717, 1.165) is 43.6 Å². The first-order valence-electron chi connectivity index (χ1n) is 10.8. The Morgan fingerprint density at radius 3 is 2.74 bits per heavy atom. The highest BCUT2D eigenvalue weighted by Crippen LogP contribution is 2.23. The van der Waals surface area contributed by atoms with Gasteiger partial charge in [0.15, 0.2) is 0 Å². The van der Waals surface area contributed by atoms with Crippen molar-refractivity contribution >= 4 is 11.6 Å². The molecule has 3 aromatic rings. The lowest BCUT2D eigenvalue weighted by Crippen LogP contribution is -2.43. The summed E-state index contributed by atoms with van der Waals surface area (Å²) in [6.45, 7) is 3.07. The van der Waals surface area contributed by atoms with Crippen molar-refractivity contribution in [3.8, 4) is 6.07 Å². The molecule has 1 aliphatic heterocycles. The smallest absolute Gasteiger partial charge is 0.224 e. The van der Waals surface area contributed by atoms with Crippen molar-refractivity contribution < 1.29 is 4.79 Å². The number of benzene rings is 2. The van der Waals surface area contributed by atoms with Gasteiger partial charge in [0.1, 0.15) is 0 Å². The van der Waals surface area contributed by atoms with Crippen LogP contribution >= 0.6 is 0 Å². The minimum Gasteiger partial charge on any atom is -0.371 e. The van der Waals surface area contributed by atoms with Crippen molar-refractivity contribution in [2.24, 2.45) is 5.92 Å². The average molecular weight is 414 g/mol. The number of rotatable bonds is 7. The highest BCUT2D eigenvalue weighted by Gasteiger charge is 2.25. The maximum atomic E-state index is 12.8. The second-order valence-electron chi connectivity index (χ2n) is 7.98. The molecule has 1 atom stereocenters. The molecule has 1 aliphatic rings. The fraction of sp³-hybridized carbons (Fsp3) is 0.320. The largest absolute Gasteiger partial charge is 0.371 e. The Bertz CT molecular complexity index is 1040. The molecule has 2 aromatic carbocycles. The van der Waals surface area contributed by atoms with E-state index in [-0.39, 0.29) is 11.8 Å². The quantitative estimate of drug-likeness (QED) is 0.644. The fourth-order valence-electron chi connectivity index (χ4n) is 4.10. The van der Waals surface area contributed by atoms with Gasteiger partial charge in [-0.15, -0.1) is 0 Å². The van der Waals surface area contributed by atoms with Gasteiger partial charge in [-0.25, -0.2) is 4.98 Å². The monoisotopic (exact) mass is 413 g/mol. The number of aromatic nitrogens is 2. The van der Waals surface area contributed by atoms with Crippen LogP contribution in [0.25, 0.3) is 0 Å². The first kappa shape index (κ1) is 20.7. The summed E-state index contributed by atoms with van der Waals surface area (Å²) in [6.07, 6.45) is 6.37. The van der Waals surface area contributed by atoms with E-state index in [4.69, 9.17) is 5.26 Å². The third-order valence-corrected chi connectivity index (χ3v) is 5.83. The van der Waals surface area contributed by atoms with E-state index in [1.807, 2.05) is 55.0 Å². The Kier molecular flexibility index (Phi) is 6.63. The van der Waals surface area contributed by atoms with Crippen molar-refractivity contribution in [3.05, 3.63) is 83.9 Å². The van der Waals surface area contributed by atoms with Gasteiger partial charge < -0.3 is 14.8 Å². The Labute approximate surface area is 183 Å². The van der Waals surface area contributed by atoms with Gasteiger partial charge in [0.2, 0.25) is 5.91 Å². The number of carbonyl (C=O) groups is 1. The summed E-state index contributed by atoms with van der Waals surface area (Å²) in [4.78, 5) is 19.3. The van der Waals surface area contributed by atoms with E-state index >= 15 is 0 Å². The number of hydrogen-bond acceptors (Lipinski definition) is 4. The molecule has 2 heterocycles. The molecule has 0 radical (unpaired) electrons. The van der Waals surface area contributed by atoms with Crippen LogP contribution in [0.1, 0.15) is 29.7 Å². The Morgan fingerprint density at radius 2 is 1.97 bits per heavy atom. The van der Waals surface area contributed by atoms with Gasteiger partial charge >= 0.3 is 0 Å². The highest BCUT2D eigenvalue weighted by atomic mass is 16.1. The average Bonchev–Trinajstić information content (AvgIpc) is 3.27. The van der Waals surface area contributed by atoms with Gasteiger partial charge in [-0.05, 0) is 42.7 Å². The van der Waals surface area contributed by atoms with E-state index in [1.165, 1.54) is 5.69 Å². The molecular weight excluding hydrogens is 386 g/mol. The van der Waals surface area contributed by atoms with Gasteiger partial charge in [0.25, 0.3) is 0 Å². The summed E-state index contributed by atoms with van der Waals surface area (Å²) in [6, 6.07) is 20.0. The molecule has 1 saturated heterocycles. The summed E-state index contributed by atoms with van der Waals surface area (Å²) in [5.74, 6) is 0.163. The molecule has 158 valence electrons. The molecule has 0 spiro atoms. The molecule has 0 bridgehead atoms. The molecule has 31 heavy (non-hydrogen) atoms. The van der Waals surface area contributed by atoms with Gasteiger partial charge in [0, 0.05) is 50.2 Å². The Hall–Kier alpha value is -3.59. The number of imidazole rings is 1. The van der Waals surface area contributed by atoms with Crippen LogP contribution in [0.4, 0.5) is 5.69 Å². The van der Waals surface area contributed by atoms with E-state index < -0.39 is 0 Å². The molecule has 6 heteroatoms. The predicted molar refractivity (Wildman–Crippen MR) is 121 cm³/mol. The minimum absolute atomic E-state index is 0.0255. The third-order valence-electron chi connectivity index (χ3n) is 5.83. The minimum atomic E-state index is 0.0255. The van der Waals surface area contributed by atoms with Crippen LogP contribution in [0.15, 0.2) is 67.1 Å². The second kappa shape index (κ2) is 9.94. The van der Waals surface area contributed by atoms with Crippen molar-refractivity contribution in [3.63, 3.8) is 0 Å². The fourth-order valence-corrected chi connectivity index (χ4v) is 4.10. The molecule has 4 rings (SSSR count). The summed E-state index contributed by atoms with van der Waals surface area (Å²) in [7, 11) is 0. The van der Waals surface area contributed by atoms with E-state index in [1.54, 1.807) is 0 Å². The SMILES string of the molecule is N#Cc1ccc(Cn2cncc2CCNC(=O)C2CCCN(c3ccccc3)C2)cc1. The zero-order chi connectivity index (χ0) is 21.5. The van der Waals surface area contributed by atoms with Gasteiger partial charge in [0.05, 0.1) is 23.9 Å². The molecule has 1 fully saturated rings. The number of nitrogens with one attached hydrogen (secondary N) is 1. The van der Waals surface area contributed by atoms with Crippen LogP contribution in [0, 0.1) is 17.2 Å². The number of anilines is 1. The number of para-hydroxylation sites is 1. The normalized spacial score (nSPS) is 16.0. The maximum absolute atomic E-state index is 12.8. The van der Waals surface area contributed by atoms with Gasteiger partial charge in [-0.1, -0.05) is 30.3 Å². The number of nitrogens with zero attached hydrogens (tertiary/aromatic N) is 4. The first-order chi connectivity index (χ1) is 15.2. The molecule has 1 amide bonds. The van der Waals surface area contributed by atoms with Crippen molar-refractivity contribution in [2.75, 3.05) is 24.5 Å². The number of hydrogen-bond donors (Lipinski definition) is 1. The molecule has 1 N–H and O–H groups in total. The summed E-state index contributed by atoms with van der Waals surface area (Å²) in [5, 5.41) is 12.1. The maximum Gasteiger partial charge on any atom is 0.224 e. The zero-order valence-electron chi connectivity index (χ0n) is 17.6. The van der Waals surface area contributed by atoms with Crippen molar-refractivity contribution in [1.29, 1.82) is 5.26 Å². The summed E-state index contributed by atoms with van der Waals surface area (Å²) < 4.78 is 2.09. The molecule has 0 saturated carbocycles. The second-order valence-corrected chi connectivity index (χ2v) is 7.98. The van der Waals surface area contributed by atoms with Crippen molar-refractivity contribution in [2.45, 2.75) is 25.8 Å². The zero-order valence-corrected chi connectivity index (χ0v) is 17.6. The van der Waals surface area contributed by atoms with Crippen LogP contribution in [0.3, 0.4) is 0 Å². The van der Waals surface area contributed by atoms with Crippen LogP contribution in [0.5, 0.6) is 0 Å². The van der Waals surface area contributed by atoms with E-state index in [0.29, 0.717) is 18.7 Å². The van der Waals surface area contributed by atoms with E-state index in [9.17, 15) is 4.79 Å². The summed E-state index contributed by atoms with van der Waals surface area (Å²) in [5.41, 5.74) is 4.04. The van der Waals surface area contributed by atoms with Crippen molar-refractivity contribution in [1.82, 2.24) is 14.9 Å². The van der Waals surface area contributed by atoms with Crippen LogP contribution < -0.4 is 10.2 Å². The molecule has 1 aromatic heterocycles. The lowest BCUT2D eigenvalue weighted by Gasteiger charge is -2.33. The van der Waals surface area contributed by atoms with Crippen LogP contribution in [-0.2, 0) is 17.8 Å². The number of amides is 1. The van der Waals surface area contributed by atoms with Crippen LogP contribution in [0.2, 0.25) is 0 Å². The lowest BCUT2D eigenvalue weighted by molar-refractivity contribution is -0.125. The Morgan fingerprint density at radius 1 is 1.16 bits per heavy atom. The predicted octanol–water partition coefficient (Wildman–Crippen LogP) is 3.38. The van der Waals surface area contributed by atoms with Gasteiger partial charge in [-0.2, -0.15) is 5.26 Å². The van der Waals surface area contributed by atoms with Crippen LogP contribution in [-0.4, -0.2) is 35.1 Å². The van der Waals surface area contributed by atoms with Gasteiger partial charge in [-0.3, -0.25) is 4.79 Å². The first-order valence-corrected chi connectivity index (χ1v) is 10.8. The highest BCUT2D eigenvalue weighted by molar-refractivity contribution is 5.79. The standard InChI is InChI=1S/C25H27N5O/c26-15-20-8-10-21(11-9-20)17-30-19-27-16-24(30)12-13-28-25(31)22-5-4-14-29(18-22)23-6-2-1-3-7-23/h1-3,6-11,16,19,22H,4-5,12-14,17-18H2,(H,28,31). The molecule has 6 nitrogen and oxygen atoms in total. The number of nitriles is 1. The molecule has 1 unspecified atom stereocenters. The number of piperidine rings is 1. The summed E-state index contributed by atoms with van der Waals surface area (Å²) >= 11 is 0. The molecular formula is C25H27N5O. The third kappa shape index (κ3) is 5.32. The topological polar surface area (TPSA) is 74.0 Å². The Balaban J connectivity index is 1.28. The lowest BCUT2D eigenvalue weighted by atomic mass is 9.96.